The standard InChI is InChI=1S/C9H12O2/c1-3-5-8-6-7(4-2)9(10)11-8/h5-6H,3-4H2,1-2H3/b8-5+. The van der Waals surface area contributed by atoms with Gasteiger partial charge in [-0.15, -0.1) is 0 Å². The Morgan fingerprint density at radius 3 is 2.73 bits per heavy atom. The molecule has 0 spiro atoms. The Morgan fingerprint density at radius 2 is 2.27 bits per heavy atom. The van der Waals surface area contributed by atoms with Gasteiger partial charge in [-0.25, -0.2) is 4.79 Å². The summed E-state index contributed by atoms with van der Waals surface area (Å²) in [5.74, 6) is 0.515. The van der Waals surface area contributed by atoms with Crippen LogP contribution in [0.1, 0.15) is 26.7 Å². The van der Waals surface area contributed by atoms with Crippen LogP contribution in [0.2, 0.25) is 0 Å². The predicted octanol–water partition coefficient (Wildman–Crippen LogP) is 2.17. The fourth-order valence-corrected chi connectivity index (χ4v) is 0.981. The molecule has 0 aromatic rings. The van der Waals surface area contributed by atoms with E-state index in [1.165, 1.54) is 0 Å². The highest BCUT2D eigenvalue weighted by Crippen LogP contribution is 2.19. The van der Waals surface area contributed by atoms with Crippen LogP contribution in [-0.4, -0.2) is 5.97 Å². The van der Waals surface area contributed by atoms with Gasteiger partial charge in [0.1, 0.15) is 5.76 Å². The maximum atomic E-state index is 11.0. The Hall–Kier alpha value is -1.05. The molecule has 0 aromatic heterocycles. The van der Waals surface area contributed by atoms with E-state index < -0.39 is 0 Å². The first-order chi connectivity index (χ1) is 5.27. The van der Waals surface area contributed by atoms with Crippen molar-refractivity contribution in [2.75, 3.05) is 0 Å². The lowest BCUT2D eigenvalue weighted by Gasteiger charge is -1.93. The molecular weight excluding hydrogens is 140 g/mol. The maximum absolute atomic E-state index is 11.0. The molecule has 60 valence electrons. The summed E-state index contributed by atoms with van der Waals surface area (Å²) in [6.45, 7) is 3.96. The Kier molecular flexibility index (Phi) is 2.47. The first kappa shape index (κ1) is 8.05. The molecule has 2 heteroatoms. The number of allylic oxidation sites excluding steroid dienone is 2. The third-order valence-corrected chi connectivity index (χ3v) is 1.58. The van der Waals surface area contributed by atoms with Crippen molar-refractivity contribution in [3.63, 3.8) is 0 Å². The van der Waals surface area contributed by atoms with Crippen LogP contribution in [0.4, 0.5) is 0 Å². The summed E-state index contributed by atoms with van der Waals surface area (Å²) in [6, 6.07) is 0. The van der Waals surface area contributed by atoms with E-state index in [4.69, 9.17) is 4.74 Å². The molecule has 0 aromatic carbocycles. The molecule has 0 amide bonds. The summed E-state index contributed by atoms with van der Waals surface area (Å²) in [6.07, 6.45) is 5.36. The molecule has 0 unspecified atom stereocenters. The van der Waals surface area contributed by atoms with E-state index in [9.17, 15) is 4.79 Å². The van der Waals surface area contributed by atoms with Gasteiger partial charge >= 0.3 is 5.97 Å². The number of carbonyl (C=O) groups is 1. The molecule has 0 bridgehead atoms. The summed E-state index contributed by atoms with van der Waals surface area (Å²) < 4.78 is 4.93. The molecular formula is C9H12O2. The SMILES string of the molecule is CC/C=C1\C=C(CC)C(=O)O1. The minimum atomic E-state index is -0.188. The van der Waals surface area contributed by atoms with Crippen molar-refractivity contribution in [1.29, 1.82) is 0 Å². The van der Waals surface area contributed by atoms with Crippen molar-refractivity contribution >= 4 is 5.97 Å². The van der Waals surface area contributed by atoms with Gasteiger partial charge in [0.25, 0.3) is 0 Å². The number of carbonyl (C=O) groups excluding carboxylic acids is 1. The molecule has 1 aliphatic heterocycles. The number of hydrogen-bond donors (Lipinski definition) is 0. The highest BCUT2D eigenvalue weighted by atomic mass is 16.5. The summed E-state index contributed by atoms with van der Waals surface area (Å²) in [4.78, 5) is 11.0. The summed E-state index contributed by atoms with van der Waals surface area (Å²) in [5.41, 5.74) is 0.768. The molecule has 0 atom stereocenters. The van der Waals surface area contributed by atoms with E-state index in [0.717, 1.165) is 18.4 Å². The Balaban J connectivity index is 2.74. The van der Waals surface area contributed by atoms with E-state index in [2.05, 4.69) is 0 Å². The van der Waals surface area contributed by atoms with Crippen LogP contribution in [0.5, 0.6) is 0 Å². The fourth-order valence-electron chi connectivity index (χ4n) is 0.981. The number of ether oxygens (including phenoxy) is 1. The van der Waals surface area contributed by atoms with Crippen molar-refractivity contribution < 1.29 is 9.53 Å². The number of hydrogen-bond acceptors (Lipinski definition) is 2. The first-order valence-corrected chi connectivity index (χ1v) is 3.90. The molecule has 1 rings (SSSR count). The molecule has 0 aliphatic carbocycles. The molecule has 0 saturated heterocycles. The number of esters is 1. The zero-order valence-electron chi connectivity index (χ0n) is 6.89. The van der Waals surface area contributed by atoms with Crippen LogP contribution in [0, 0.1) is 0 Å². The Morgan fingerprint density at radius 1 is 1.55 bits per heavy atom. The highest BCUT2D eigenvalue weighted by Gasteiger charge is 2.18. The second-order valence-corrected chi connectivity index (χ2v) is 2.43. The molecule has 0 fully saturated rings. The van der Waals surface area contributed by atoms with Gasteiger partial charge in [-0.05, 0) is 25.0 Å². The van der Waals surface area contributed by atoms with Gasteiger partial charge in [0, 0.05) is 5.57 Å². The lowest BCUT2D eigenvalue weighted by molar-refractivity contribution is -0.133. The van der Waals surface area contributed by atoms with Crippen molar-refractivity contribution in [1.82, 2.24) is 0 Å². The lowest BCUT2D eigenvalue weighted by Crippen LogP contribution is -1.96. The molecule has 0 saturated carbocycles. The quantitative estimate of drug-likeness (QED) is 0.567. The summed E-state index contributed by atoms with van der Waals surface area (Å²) >= 11 is 0. The van der Waals surface area contributed by atoms with Crippen LogP contribution in [0.25, 0.3) is 0 Å². The second-order valence-electron chi connectivity index (χ2n) is 2.43. The van der Waals surface area contributed by atoms with Crippen molar-refractivity contribution in [2.24, 2.45) is 0 Å². The molecule has 0 radical (unpaired) electrons. The zero-order valence-corrected chi connectivity index (χ0v) is 6.89. The molecule has 11 heavy (non-hydrogen) atoms. The average Bonchev–Trinajstić information content (AvgIpc) is 2.32. The monoisotopic (exact) mass is 152 g/mol. The van der Waals surface area contributed by atoms with Gasteiger partial charge in [-0.3, -0.25) is 0 Å². The Labute approximate surface area is 66.5 Å². The largest absolute Gasteiger partial charge is 0.424 e. The van der Waals surface area contributed by atoms with Gasteiger partial charge in [0.2, 0.25) is 0 Å². The van der Waals surface area contributed by atoms with E-state index in [1.54, 1.807) is 0 Å². The van der Waals surface area contributed by atoms with Gasteiger partial charge in [0.15, 0.2) is 0 Å². The minimum Gasteiger partial charge on any atom is -0.424 e. The van der Waals surface area contributed by atoms with Gasteiger partial charge in [0.05, 0.1) is 0 Å². The second kappa shape index (κ2) is 3.37. The lowest BCUT2D eigenvalue weighted by atomic mass is 10.2. The topological polar surface area (TPSA) is 26.3 Å². The smallest absolute Gasteiger partial charge is 0.339 e. The minimum absolute atomic E-state index is 0.188. The van der Waals surface area contributed by atoms with Crippen LogP contribution in [-0.2, 0) is 9.53 Å². The average molecular weight is 152 g/mol. The van der Waals surface area contributed by atoms with Crippen LogP contribution in [0.15, 0.2) is 23.5 Å². The molecule has 2 nitrogen and oxygen atoms in total. The normalized spacial score (nSPS) is 20.4. The molecule has 1 aliphatic rings. The van der Waals surface area contributed by atoms with E-state index >= 15 is 0 Å². The zero-order chi connectivity index (χ0) is 8.27. The first-order valence-electron chi connectivity index (χ1n) is 3.90. The summed E-state index contributed by atoms with van der Waals surface area (Å²) in [7, 11) is 0. The third-order valence-electron chi connectivity index (χ3n) is 1.58. The van der Waals surface area contributed by atoms with Gasteiger partial charge in [-0.2, -0.15) is 0 Å². The number of rotatable bonds is 2. The van der Waals surface area contributed by atoms with Crippen LogP contribution >= 0.6 is 0 Å². The fraction of sp³-hybridized carbons (Fsp3) is 0.444. The van der Waals surface area contributed by atoms with Crippen molar-refractivity contribution in [3.05, 3.63) is 23.5 Å². The van der Waals surface area contributed by atoms with Gasteiger partial charge < -0.3 is 4.74 Å². The van der Waals surface area contributed by atoms with Crippen molar-refractivity contribution in [2.45, 2.75) is 26.7 Å². The van der Waals surface area contributed by atoms with Crippen LogP contribution < -0.4 is 0 Å². The predicted molar refractivity (Wildman–Crippen MR) is 42.8 cm³/mol. The maximum Gasteiger partial charge on any atom is 0.339 e. The Bertz CT molecular complexity index is 224. The van der Waals surface area contributed by atoms with Crippen LogP contribution in [0.3, 0.4) is 0 Å². The molecule has 1 heterocycles. The van der Waals surface area contributed by atoms with Crippen molar-refractivity contribution in [3.8, 4) is 0 Å². The van der Waals surface area contributed by atoms with E-state index in [-0.39, 0.29) is 5.97 Å². The van der Waals surface area contributed by atoms with E-state index in [1.807, 2.05) is 26.0 Å². The van der Waals surface area contributed by atoms with E-state index in [0.29, 0.717) is 5.76 Å². The highest BCUT2D eigenvalue weighted by molar-refractivity contribution is 5.92. The molecule has 0 N–H and O–H groups in total. The number of cyclic esters (lactones) is 1. The summed E-state index contributed by atoms with van der Waals surface area (Å²) in [5, 5.41) is 0. The van der Waals surface area contributed by atoms with Gasteiger partial charge in [-0.1, -0.05) is 13.8 Å². The third kappa shape index (κ3) is 1.70.